The van der Waals surface area contributed by atoms with Crippen molar-refractivity contribution in [3.8, 4) is 0 Å². The Morgan fingerprint density at radius 1 is 1.53 bits per heavy atom. The number of carbonyl (C=O) groups is 1. The van der Waals surface area contributed by atoms with Gasteiger partial charge in [0.25, 0.3) is 5.91 Å². The maximum absolute atomic E-state index is 11.5. The van der Waals surface area contributed by atoms with Crippen molar-refractivity contribution in [3.63, 3.8) is 0 Å². The quantitative estimate of drug-likeness (QED) is 0.747. The summed E-state index contributed by atoms with van der Waals surface area (Å²) in [5.41, 5.74) is 0.426. The molecule has 0 atom stereocenters. The standard InChI is InChI=1S/C11H17N3O/c1-9(2)4-3-6-13-11(15)10-5-7-12-8-14-10/h5,7-9H,3-4,6H2,1-2H3,(H,13,15). The van der Waals surface area contributed by atoms with Crippen LogP contribution in [0, 0.1) is 5.92 Å². The van der Waals surface area contributed by atoms with Crippen LogP contribution in [-0.4, -0.2) is 22.4 Å². The summed E-state index contributed by atoms with van der Waals surface area (Å²) >= 11 is 0. The highest BCUT2D eigenvalue weighted by molar-refractivity contribution is 5.91. The van der Waals surface area contributed by atoms with Gasteiger partial charge >= 0.3 is 0 Å². The van der Waals surface area contributed by atoms with E-state index in [1.165, 1.54) is 6.33 Å². The summed E-state index contributed by atoms with van der Waals surface area (Å²) < 4.78 is 0. The van der Waals surface area contributed by atoms with Crippen molar-refractivity contribution in [3.05, 3.63) is 24.3 Å². The first-order chi connectivity index (χ1) is 7.20. The predicted molar refractivity (Wildman–Crippen MR) is 58.4 cm³/mol. The molecular formula is C11H17N3O. The lowest BCUT2D eigenvalue weighted by molar-refractivity contribution is 0.0947. The summed E-state index contributed by atoms with van der Waals surface area (Å²) in [5.74, 6) is 0.558. The molecule has 0 saturated heterocycles. The third-order valence-corrected chi connectivity index (χ3v) is 2.06. The molecule has 1 heterocycles. The second-order valence-corrected chi connectivity index (χ2v) is 3.89. The number of amides is 1. The summed E-state index contributed by atoms with van der Waals surface area (Å²) in [4.78, 5) is 19.1. The van der Waals surface area contributed by atoms with E-state index < -0.39 is 0 Å². The van der Waals surface area contributed by atoms with E-state index in [0.717, 1.165) is 12.8 Å². The largest absolute Gasteiger partial charge is 0.351 e. The lowest BCUT2D eigenvalue weighted by Crippen LogP contribution is -2.25. The molecule has 15 heavy (non-hydrogen) atoms. The maximum Gasteiger partial charge on any atom is 0.270 e. The van der Waals surface area contributed by atoms with Crippen LogP contribution in [0.4, 0.5) is 0 Å². The fourth-order valence-corrected chi connectivity index (χ4v) is 1.23. The molecule has 0 aromatic carbocycles. The molecule has 0 spiro atoms. The Hall–Kier alpha value is -1.45. The Kier molecular flexibility index (Phi) is 4.74. The van der Waals surface area contributed by atoms with Crippen LogP contribution < -0.4 is 5.32 Å². The first kappa shape index (κ1) is 11.6. The van der Waals surface area contributed by atoms with Crippen LogP contribution in [0.5, 0.6) is 0 Å². The summed E-state index contributed by atoms with van der Waals surface area (Å²) in [6, 6.07) is 1.61. The molecule has 1 amide bonds. The summed E-state index contributed by atoms with van der Waals surface area (Å²) in [5, 5.41) is 2.83. The van der Waals surface area contributed by atoms with Gasteiger partial charge in [-0.3, -0.25) is 4.79 Å². The molecule has 0 fully saturated rings. The molecule has 0 bridgehead atoms. The van der Waals surface area contributed by atoms with E-state index in [0.29, 0.717) is 18.2 Å². The Balaban J connectivity index is 2.25. The lowest BCUT2D eigenvalue weighted by atomic mass is 10.1. The molecule has 0 aliphatic carbocycles. The molecule has 82 valence electrons. The molecule has 0 unspecified atom stereocenters. The van der Waals surface area contributed by atoms with Gasteiger partial charge in [-0.25, -0.2) is 9.97 Å². The van der Waals surface area contributed by atoms with Crippen LogP contribution in [-0.2, 0) is 0 Å². The number of aromatic nitrogens is 2. The minimum absolute atomic E-state index is 0.124. The fraction of sp³-hybridized carbons (Fsp3) is 0.545. The number of nitrogens with one attached hydrogen (secondary N) is 1. The lowest BCUT2D eigenvalue weighted by Gasteiger charge is -2.05. The highest BCUT2D eigenvalue weighted by Crippen LogP contribution is 2.02. The molecule has 0 aliphatic rings. The van der Waals surface area contributed by atoms with Gasteiger partial charge in [0.1, 0.15) is 12.0 Å². The number of hydrogen-bond donors (Lipinski definition) is 1. The second kappa shape index (κ2) is 6.11. The van der Waals surface area contributed by atoms with E-state index >= 15 is 0 Å². The number of carbonyl (C=O) groups excluding carboxylic acids is 1. The number of rotatable bonds is 5. The Labute approximate surface area is 90.1 Å². The Morgan fingerprint density at radius 2 is 2.33 bits per heavy atom. The minimum atomic E-state index is -0.124. The maximum atomic E-state index is 11.5. The van der Waals surface area contributed by atoms with Crippen LogP contribution in [0.25, 0.3) is 0 Å². The van der Waals surface area contributed by atoms with Crippen LogP contribution in [0.3, 0.4) is 0 Å². The van der Waals surface area contributed by atoms with Gasteiger partial charge in [-0.1, -0.05) is 13.8 Å². The monoisotopic (exact) mass is 207 g/mol. The highest BCUT2D eigenvalue weighted by atomic mass is 16.1. The predicted octanol–water partition coefficient (Wildman–Crippen LogP) is 1.64. The van der Waals surface area contributed by atoms with Crippen LogP contribution in [0.1, 0.15) is 37.2 Å². The minimum Gasteiger partial charge on any atom is -0.351 e. The Morgan fingerprint density at radius 3 is 2.93 bits per heavy atom. The highest BCUT2D eigenvalue weighted by Gasteiger charge is 2.04. The van der Waals surface area contributed by atoms with E-state index in [-0.39, 0.29) is 5.91 Å². The average molecular weight is 207 g/mol. The zero-order valence-corrected chi connectivity index (χ0v) is 9.23. The van der Waals surface area contributed by atoms with Gasteiger partial charge in [0.2, 0.25) is 0 Å². The summed E-state index contributed by atoms with van der Waals surface area (Å²) in [7, 11) is 0. The topological polar surface area (TPSA) is 54.9 Å². The molecule has 0 radical (unpaired) electrons. The van der Waals surface area contributed by atoms with E-state index in [2.05, 4.69) is 29.1 Å². The van der Waals surface area contributed by atoms with Crippen molar-refractivity contribution in [2.45, 2.75) is 26.7 Å². The zero-order chi connectivity index (χ0) is 11.1. The SMILES string of the molecule is CC(C)CCCNC(=O)c1ccncn1. The van der Waals surface area contributed by atoms with Gasteiger partial charge in [0.15, 0.2) is 0 Å². The normalized spacial score (nSPS) is 10.3. The van der Waals surface area contributed by atoms with Gasteiger partial charge in [-0.2, -0.15) is 0 Å². The average Bonchev–Trinajstić information content (AvgIpc) is 2.25. The van der Waals surface area contributed by atoms with Crippen molar-refractivity contribution in [2.75, 3.05) is 6.54 Å². The van der Waals surface area contributed by atoms with Crippen LogP contribution >= 0.6 is 0 Å². The molecule has 1 aromatic rings. The smallest absolute Gasteiger partial charge is 0.270 e. The van der Waals surface area contributed by atoms with Crippen LogP contribution in [0.2, 0.25) is 0 Å². The van der Waals surface area contributed by atoms with Gasteiger partial charge in [0.05, 0.1) is 0 Å². The first-order valence-corrected chi connectivity index (χ1v) is 5.24. The molecule has 0 saturated carbocycles. The molecule has 0 aliphatic heterocycles. The van der Waals surface area contributed by atoms with Crippen LogP contribution in [0.15, 0.2) is 18.6 Å². The third kappa shape index (κ3) is 4.54. The molecular weight excluding hydrogens is 190 g/mol. The fourth-order valence-electron chi connectivity index (χ4n) is 1.23. The molecule has 4 heteroatoms. The zero-order valence-electron chi connectivity index (χ0n) is 9.23. The van der Waals surface area contributed by atoms with Crippen molar-refractivity contribution in [1.29, 1.82) is 0 Å². The van der Waals surface area contributed by atoms with E-state index in [4.69, 9.17) is 0 Å². The van der Waals surface area contributed by atoms with Gasteiger partial charge in [0, 0.05) is 12.7 Å². The first-order valence-electron chi connectivity index (χ1n) is 5.24. The van der Waals surface area contributed by atoms with Gasteiger partial charge < -0.3 is 5.32 Å². The van der Waals surface area contributed by atoms with E-state index in [9.17, 15) is 4.79 Å². The van der Waals surface area contributed by atoms with Crippen molar-refractivity contribution in [2.24, 2.45) is 5.92 Å². The third-order valence-electron chi connectivity index (χ3n) is 2.06. The van der Waals surface area contributed by atoms with Gasteiger partial charge in [-0.15, -0.1) is 0 Å². The van der Waals surface area contributed by atoms with E-state index in [1.807, 2.05) is 0 Å². The van der Waals surface area contributed by atoms with Crippen molar-refractivity contribution >= 4 is 5.91 Å². The second-order valence-electron chi connectivity index (χ2n) is 3.89. The number of nitrogens with zero attached hydrogens (tertiary/aromatic N) is 2. The number of hydrogen-bond acceptors (Lipinski definition) is 3. The molecule has 4 nitrogen and oxygen atoms in total. The summed E-state index contributed by atoms with van der Waals surface area (Å²) in [6.45, 7) is 5.06. The summed E-state index contributed by atoms with van der Waals surface area (Å²) in [6.07, 6.45) is 5.08. The van der Waals surface area contributed by atoms with Crippen molar-refractivity contribution in [1.82, 2.24) is 15.3 Å². The molecule has 1 N–H and O–H groups in total. The molecule has 1 rings (SSSR count). The van der Waals surface area contributed by atoms with E-state index in [1.54, 1.807) is 12.3 Å². The van der Waals surface area contributed by atoms with Crippen molar-refractivity contribution < 1.29 is 4.79 Å². The van der Waals surface area contributed by atoms with Gasteiger partial charge in [-0.05, 0) is 24.8 Å². The Bertz CT molecular complexity index is 298. The molecule has 1 aromatic heterocycles.